The molecule has 1 atom stereocenters. The van der Waals surface area contributed by atoms with Gasteiger partial charge in [0.15, 0.2) is 5.96 Å². The topological polar surface area (TPSA) is 53.7 Å². The number of aryl methyl sites for hydroxylation is 2. The van der Waals surface area contributed by atoms with Crippen LogP contribution in [0.1, 0.15) is 47.9 Å². The lowest BCUT2D eigenvalue weighted by Gasteiger charge is -2.32. The van der Waals surface area contributed by atoms with E-state index >= 15 is 0 Å². The Balaban J connectivity index is 1.74. The second-order valence-corrected chi connectivity index (χ2v) is 6.77. The lowest BCUT2D eigenvalue weighted by atomic mass is 9.99. The number of nitrogens with one attached hydrogen (secondary N) is 1. The number of benzene rings is 1. The number of hydrogen-bond acceptors (Lipinski definition) is 3. The van der Waals surface area contributed by atoms with Crippen molar-refractivity contribution < 1.29 is 4.52 Å². The highest BCUT2D eigenvalue weighted by atomic mass is 16.5. The van der Waals surface area contributed by atoms with Gasteiger partial charge in [0.1, 0.15) is 5.76 Å². The first-order chi connectivity index (χ1) is 12.1. The van der Waals surface area contributed by atoms with Crippen molar-refractivity contribution in [1.29, 1.82) is 0 Å². The Bertz CT molecular complexity index is 730. The molecule has 134 valence electrons. The lowest BCUT2D eigenvalue weighted by Crippen LogP contribution is -2.44. The van der Waals surface area contributed by atoms with Gasteiger partial charge in [-0.05, 0) is 38.3 Å². The third-order valence-corrected chi connectivity index (χ3v) is 4.86. The number of nitrogens with zero attached hydrogens (tertiary/aromatic N) is 3. The molecular weight excluding hydrogens is 312 g/mol. The van der Waals surface area contributed by atoms with Crippen molar-refractivity contribution in [3.63, 3.8) is 0 Å². The van der Waals surface area contributed by atoms with E-state index in [1.54, 1.807) is 0 Å². The third kappa shape index (κ3) is 3.86. The van der Waals surface area contributed by atoms with Gasteiger partial charge in [-0.25, -0.2) is 0 Å². The van der Waals surface area contributed by atoms with Gasteiger partial charge >= 0.3 is 0 Å². The predicted octanol–water partition coefficient (Wildman–Crippen LogP) is 3.42. The van der Waals surface area contributed by atoms with E-state index < -0.39 is 0 Å². The second kappa shape index (κ2) is 7.72. The molecule has 5 nitrogen and oxygen atoms in total. The van der Waals surface area contributed by atoms with E-state index in [9.17, 15) is 0 Å². The maximum absolute atomic E-state index is 5.30. The highest BCUT2D eigenvalue weighted by Gasteiger charge is 2.20. The van der Waals surface area contributed by atoms with Gasteiger partial charge in [-0.2, -0.15) is 0 Å². The minimum absolute atomic E-state index is 0.289. The van der Waals surface area contributed by atoms with Crippen LogP contribution >= 0.6 is 0 Å². The summed E-state index contributed by atoms with van der Waals surface area (Å²) in [6, 6.07) is 8.69. The summed E-state index contributed by atoms with van der Waals surface area (Å²) in [5.74, 6) is 2.18. The molecule has 2 heterocycles. The first-order valence-corrected chi connectivity index (χ1v) is 9.13. The molecular formula is C20H28N4O. The Morgan fingerprint density at radius 3 is 2.76 bits per heavy atom. The van der Waals surface area contributed by atoms with Crippen LogP contribution in [0.2, 0.25) is 0 Å². The highest BCUT2D eigenvalue weighted by molar-refractivity contribution is 5.80. The van der Waals surface area contributed by atoms with Gasteiger partial charge in [0.2, 0.25) is 0 Å². The number of aromatic nitrogens is 1. The van der Waals surface area contributed by atoms with Crippen LogP contribution in [0.5, 0.6) is 0 Å². The zero-order valence-corrected chi connectivity index (χ0v) is 15.7. The molecule has 1 aromatic carbocycles. The molecule has 5 heteroatoms. The first-order valence-electron chi connectivity index (χ1n) is 9.13. The van der Waals surface area contributed by atoms with Gasteiger partial charge in [-0.15, -0.1) is 0 Å². The van der Waals surface area contributed by atoms with E-state index in [1.165, 1.54) is 16.7 Å². The van der Waals surface area contributed by atoms with Crippen molar-refractivity contribution in [3.05, 3.63) is 52.4 Å². The SMILES string of the molecule is CCNC(=NCC(C)c1c(C)noc1C)N1CCc2ccccc2C1. The molecule has 0 aliphatic carbocycles. The van der Waals surface area contributed by atoms with Crippen LogP contribution in [0.15, 0.2) is 33.8 Å². The fourth-order valence-electron chi connectivity index (χ4n) is 3.61. The molecule has 0 radical (unpaired) electrons. The van der Waals surface area contributed by atoms with Gasteiger partial charge < -0.3 is 14.7 Å². The van der Waals surface area contributed by atoms with Gasteiger partial charge in [0, 0.05) is 37.7 Å². The van der Waals surface area contributed by atoms with Crippen LogP contribution in [0.3, 0.4) is 0 Å². The molecule has 0 saturated heterocycles. The highest BCUT2D eigenvalue weighted by Crippen LogP contribution is 2.24. The number of fused-ring (bicyclic) bond motifs is 1. The molecule has 1 N–H and O–H groups in total. The lowest BCUT2D eigenvalue weighted by molar-refractivity contribution is 0.378. The Morgan fingerprint density at radius 1 is 1.32 bits per heavy atom. The van der Waals surface area contributed by atoms with Crippen LogP contribution in [-0.4, -0.2) is 35.7 Å². The van der Waals surface area contributed by atoms with E-state index in [4.69, 9.17) is 9.52 Å². The summed E-state index contributed by atoms with van der Waals surface area (Å²) in [5.41, 5.74) is 5.01. The quantitative estimate of drug-likeness (QED) is 0.684. The van der Waals surface area contributed by atoms with Crippen molar-refractivity contribution >= 4 is 5.96 Å². The summed E-state index contributed by atoms with van der Waals surface area (Å²) >= 11 is 0. The van der Waals surface area contributed by atoms with Crippen LogP contribution < -0.4 is 5.32 Å². The molecule has 1 aromatic heterocycles. The van der Waals surface area contributed by atoms with Gasteiger partial charge in [-0.1, -0.05) is 36.3 Å². The predicted molar refractivity (Wildman–Crippen MR) is 101 cm³/mol. The number of guanidine groups is 1. The van der Waals surface area contributed by atoms with E-state index in [1.807, 2.05) is 13.8 Å². The van der Waals surface area contributed by atoms with Crippen LogP contribution in [-0.2, 0) is 13.0 Å². The second-order valence-electron chi connectivity index (χ2n) is 6.77. The molecule has 0 amide bonds. The molecule has 0 spiro atoms. The van der Waals surface area contributed by atoms with Crippen molar-refractivity contribution in [2.75, 3.05) is 19.6 Å². The zero-order chi connectivity index (χ0) is 17.8. The summed E-state index contributed by atoms with van der Waals surface area (Å²) in [7, 11) is 0. The number of hydrogen-bond donors (Lipinski definition) is 1. The zero-order valence-electron chi connectivity index (χ0n) is 15.7. The van der Waals surface area contributed by atoms with Crippen LogP contribution in [0.25, 0.3) is 0 Å². The fourth-order valence-corrected chi connectivity index (χ4v) is 3.61. The molecule has 0 fully saturated rings. The fraction of sp³-hybridized carbons (Fsp3) is 0.500. The van der Waals surface area contributed by atoms with E-state index in [2.05, 4.69) is 53.5 Å². The average molecular weight is 340 g/mol. The normalized spacial score (nSPS) is 15.8. The van der Waals surface area contributed by atoms with Gasteiger partial charge in [-0.3, -0.25) is 4.99 Å². The Labute approximate surface area is 150 Å². The minimum Gasteiger partial charge on any atom is -0.361 e. The number of rotatable bonds is 4. The first kappa shape index (κ1) is 17.5. The van der Waals surface area contributed by atoms with E-state index in [-0.39, 0.29) is 5.92 Å². The molecule has 2 aromatic rings. The smallest absolute Gasteiger partial charge is 0.194 e. The van der Waals surface area contributed by atoms with Crippen molar-refractivity contribution in [3.8, 4) is 0 Å². The maximum Gasteiger partial charge on any atom is 0.194 e. The summed E-state index contributed by atoms with van der Waals surface area (Å²) in [6.45, 7) is 11.8. The maximum atomic E-state index is 5.30. The summed E-state index contributed by atoms with van der Waals surface area (Å²) in [5, 5.41) is 7.52. The molecule has 0 saturated carbocycles. The van der Waals surface area contributed by atoms with Crippen molar-refractivity contribution in [2.24, 2.45) is 4.99 Å². The van der Waals surface area contributed by atoms with Crippen molar-refractivity contribution in [2.45, 2.75) is 46.6 Å². The van der Waals surface area contributed by atoms with Crippen molar-refractivity contribution in [1.82, 2.24) is 15.4 Å². The van der Waals surface area contributed by atoms with Crippen LogP contribution in [0, 0.1) is 13.8 Å². The molecule has 1 unspecified atom stereocenters. The van der Waals surface area contributed by atoms with E-state index in [0.29, 0.717) is 0 Å². The molecule has 1 aliphatic rings. The third-order valence-electron chi connectivity index (χ3n) is 4.86. The number of aliphatic imine (C=N–C) groups is 1. The Morgan fingerprint density at radius 2 is 2.08 bits per heavy atom. The average Bonchev–Trinajstić information content (AvgIpc) is 2.96. The van der Waals surface area contributed by atoms with Gasteiger partial charge in [0.05, 0.1) is 5.69 Å². The molecule has 1 aliphatic heterocycles. The van der Waals surface area contributed by atoms with Crippen LogP contribution in [0.4, 0.5) is 0 Å². The summed E-state index contributed by atoms with van der Waals surface area (Å²) in [4.78, 5) is 7.26. The Hall–Kier alpha value is -2.30. The Kier molecular flexibility index (Phi) is 5.41. The molecule has 0 bridgehead atoms. The minimum atomic E-state index is 0.289. The monoisotopic (exact) mass is 340 g/mol. The van der Waals surface area contributed by atoms with Gasteiger partial charge in [0.25, 0.3) is 0 Å². The summed E-state index contributed by atoms with van der Waals surface area (Å²) in [6.07, 6.45) is 1.07. The van der Waals surface area contributed by atoms with E-state index in [0.717, 1.165) is 50.0 Å². The molecule has 3 rings (SSSR count). The standard InChI is InChI=1S/C20H28N4O/c1-5-21-20(22-12-14(2)19-15(3)23-25-16(19)4)24-11-10-17-8-6-7-9-18(17)13-24/h6-9,14H,5,10-13H2,1-4H3,(H,21,22). The molecule has 25 heavy (non-hydrogen) atoms. The largest absolute Gasteiger partial charge is 0.361 e. The summed E-state index contributed by atoms with van der Waals surface area (Å²) < 4.78 is 5.30.